The van der Waals surface area contributed by atoms with Crippen molar-refractivity contribution in [3.05, 3.63) is 64.1 Å². The van der Waals surface area contributed by atoms with Gasteiger partial charge >= 0.3 is 0 Å². The van der Waals surface area contributed by atoms with Gasteiger partial charge in [-0.3, -0.25) is 0 Å². The van der Waals surface area contributed by atoms with Gasteiger partial charge in [0.1, 0.15) is 0 Å². The lowest BCUT2D eigenvalue weighted by atomic mass is 10.1. The van der Waals surface area contributed by atoms with Crippen molar-refractivity contribution in [1.29, 1.82) is 0 Å². The molecule has 0 atom stereocenters. The molecule has 19 heavy (non-hydrogen) atoms. The number of hydrogen-bond donors (Lipinski definition) is 1. The Labute approximate surface area is 123 Å². The predicted octanol–water partition coefficient (Wildman–Crippen LogP) is 3.71. The number of anilines is 1. The molecule has 0 aromatic heterocycles. The van der Waals surface area contributed by atoms with Crippen LogP contribution in [0.15, 0.2) is 53.0 Å². The summed E-state index contributed by atoms with van der Waals surface area (Å²) in [6, 6.07) is 16.6. The summed E-state index contributed by atoms with van der Waals surface area (Å²) in [6.07, 6.45) is 1.03. The number of likely N-dealkylation sites (N-methyl/N-ethyl adjacent to an activating group) is 1. The van der Waals surface area contributed by atoms with Gasteiger partial charge in [-0.15, -0.1) is 0 Å². The molecule has 0 spiro atoms. The molecule has 2 rings (SSSR count). The maximum atomic E-state index is 5.78. The average molecular weight is 319 g/mol. The summed E-state index contributed by atoms with van der Waals surface area (Å²) in [6.45, 7) is 2.00. The zero-order chi connectivity index (χ0) is 13.7. The molecule has 0 bridgehead atoms. The second-order valence-electron chi connectivity index (χ2n) is 4.86. The van der Waals surface area contributed by atoms with Crippen LogP contribution in [0.5, 0.6) is 0 Å². The van der Waals surface area contributed by atoms with Gasteiger partial charge in [-0.05, 0) is 48.9 Å². The Kier molecular flexibility index (Phi) is 5.00. The predicted molar refractivity (Wildman–Crippen MR) is 85.0 cm³/mol. The fourth-order valence-corrected chi connectivity index (χ4v) is 2.31. The number of nitrogens with zero attached hydrogens (tertiary/aromatic N) is 1. The largest absolute Gasteiger partial charge is 0.399 e. The van der Waals surface area contributed by atoms with Gasteiger partial charge < -0.3 is 10.6 Å². The van der Waals surface area contributed by atoms with Gasteiger partial charge in [0.15, 0.2) is 0 Å². The van der Waals surface area contributed by atoms with Crippen LogP contribution in [0.1, 0.15) is 11.1 Å². The molecule has 2 N–H and O–H groups in total. The summed E-state index contributed by atoms with van der Waals surface area (Å²) >= 11 is 3.45. The normalized spacial score (nSPS) is 10.9. The molecule has 0 aliphatic rings. The van der Waals surface area contributed by atoms with E-state index < -0.39 is 0 Å². The lowest BCUT2D eigenvalue weighted by molar-refractivity contribution is 0.331. The van der Waals surface area contributed by atoms with Crippen LogP contribution in [-0.2, 0) is 13.0 Å². The van der Waals surface area contributed by atoms with E-state index in [0.29, 0.717) is 0 Å². The highest BCUT2D eigenvalue weighted by atomic mass is 79.9. The Hall–Kier alpha value is -1.32. The molecule has 0 aliphatic carbocycles. The van der Waals surface area contributed by atoms with Crippen LogP contribution < -0.4 is 5.73 Å². The van der Waals surface area contributed by atoms with Crippen LogP contribution in [0.2, 0.25) is 0 Å². The zero-order valence-corrected chi connectivity index (χ0v) is 12.7. The Bertz CT molecular complexity index is 523. The molecule has 0 radical (unpaired) electrons. The number of hydrogen-bond acceptors (Lipinski definition) is 2. The Morgan fingerprint density at radius 1 is 1.05 bits per heavy atom. The van der Waals surface area contributed by atoms with E-state index in [1.165, 1.54) is 11.1 Å². The molecule has 0 aliphatic heterocycles. The van der Waals surface area contributed by atoms with Crippen molar-refractivity contribution in [2.45, 2.75) is 13.0 Å². The van der Waals surface area contributed by atoms with Crippen molar-refractivity contribution in [3.63, 3.8) is 0 Å². The number of benzene rings is 2. The minimum absolute atomic E-state index is 0.841. The lowest BCUT2D eigenvalue weighted by Crippen LogP contribution is -2.20. The van der Waals surface area contributed by atoms with Gasteiger partial charge in [0, 0.05) is 23.2 Å². The van der Waals surface area contributed by atoms with E-state index in [1.54, 1.807) is 0 Å². The van der Waals surface area contributed by atoms with Gasteiger partial charge in [0.25, 0.3) is 0 Å². The van der Waals surface area contributed by atoms with E-state index in [0.717, 1.165) is 29.7 Å². The van der Waals surface area contributed by atoms with Gasteiger partial charge in [-0.2, -0.15) is 0 Å². The molecule has 0 unspecified atom stereocenters. The molecule has 2 aromatic rings. The fourth-order valence-electron chi connectivity index (χ4n) is 2.05. The molecule has 0 fully saturated rings. The first-order valence-corrected chi connectivity index (χ1v) is 7.20. The standard InChI is InChI=1S/C16H19BrN2/c1-19(12-14-5-7-15(17)8-6-14)10-9-13-3-2-4-16(18)11-13/h2-8,11H,9-10,12,18H2,1H3. The van der Waals surface area contributed by atoms with E-state index in [4.69, 9.17) is 5.73 Å². The first-order chi connectivity index (χ1) is 9.13. The van der Waals surface area contributed by atoms with Gasteiger partial charge in [-0.1, -0.05) is 40.2 Å². The third kappa shape index (κ3) is 4.69. The Balaban J connectivity index is 1.84. The molecule has 0 saturated carbocycles. The van der Waals surface area contributed by atoms with E-state index in [9.17, 15) is 0 Å². The molecular weight excluding hydrogens is 300 g/mol. The molecule has 0 heterocycles. The van der Waals surface area contributed by atoms with Crippen LogP contribution in [0.4, 0.5) is 5.69 Å². The average Bonchev–Trinajstić information content (AvgIpc) is 2.39. The van der Waals surface area contributed by atoms with Crippen LogP contribution in [0.3, 0.4) is 0 Å². The fraction of sp³-hybridized carbons (Fsp3) is 0.250. The van der Waals surface area contributed by atoms with E-state index in [2.05, 4.69) is 58.2 Å². The van der Waals surface area contributed by atoms with Crippen molar-refractivity contribution in [3.8, 4) is 0 Å². The quantitative estimate of drug-likeness (QED) is 0.852. The molecule has 0 saturated heterocycles. The van der Waals surface area contributed by atoms with E-state index >= 15 is 0 Å². The summed E-state index contributed by atoms with van der Waals surface area (Å²) < 4.78 is 1.12. The summed E-state index contributed by atoms with van der Waals surface area (Å²) in [5.41, 5.74) is 9.25. The second kappa shape index (κ2) is 6.73. The van der Waals surface area contributed by atoms with Gasteiger partial charge in [0.2, 0.25) is 0 Å². The maximum Gasteiger partial charge on any atom is 0.0316 e. The maximum absolute atomic E-state index is 5.78. The van der Waals surface area contributed by atoms with Crippen LogP contribution >= 0.6 is 15.9 Å². The van der Waals surface area contributed by atoms with Gasteiger partial charge in [0.05, 0.1) is 0 Å². The molecular formula is C16H19BrN2. The highest BCUT2D eigenvalue weighted by molar-refractivity contribution is 9.10. The monoisotopic (exact) mass is 318 g/mol. The molecule has 100 valence electrons. The summed E-state index contributed by atoms with van der Waals surface area (Å²) in [5, 5.41) is 0. The first kappa shape index (κ1) is 14.1. The number of halogens is 1. The SMILES string of the molecule is CN(CCc1cccc(N)c1)Cc1ccc(Br)cc1. The topological polar surface area (TPSA) is 29.3 Å². The summed E-state index contributed by atoms with van der Waals surface area (Å²) in [7, 11) is 2.15. The first-order valence-electron chi connectivity index (χ1n) is 6.41. The minimum Gasteiger partial charge on any atom is -0.399 e. The van der Waals surface area contributed by atoms with Crippen LogP contribution in [0.25, 0.3) is 0 Å². The van der Waals surface area contributed by atoms with Crippen molar-refractivity contribution in [2.24, 2.45) is 0 Å². The summed E-state index contributed by atoms with van der Waals surface area (Å²) in [5.74, 6) is 0. The highest BCUT2D eigenvalue weighted by Gasteiger charge is 2.01. The van der Waals surface area contributed by atoms with Crippen LogP contribution in [-0.4, -0.2) is 18.5 Å². The third-order valence-electron chi connectivity index (χ3n) is 3.10. The number of nitrogens with two attached hydrogens (primary N) is 1. The zero-order valence-electron chi connectivity index (χ0n) is 11.1. The molecule has 0 amide bonds. The van der Waals surface area contributed by atoms with E-state index in [1.807, 2.05) is 18.2 Å². The second-order valence-corrected chi connectivity index (χ2v) is 5.77. The smallest absolute Gasteiger partial charge is 0.0316 e. The number of nitrogen functional groups attached to an aromatic ring is 1. The summed E-state index contributed by atoms with van der Waals surface area (Å²) in [4.78, 5) is 2.33. The Morgan fingerprint density at radius 3 is 2.47 bits per heavy atom. The molecule has 2 nitrogen and oxygen atoms in total. The van der Waals surface area contributed by atoms with Crippen molar-refractivity contribution < 1.29 is 0 Å². The Morgan fingerprint density at radius 2 is 1.79 bits per heavy atom. The van der Waals surface area contributed by atoms with E-state index in [-0.39, 0.29) is 0 Å². The van der Waals surface area contributed by atoms with Gasteiger partial charge in [-0.25, -0.2) is 0 Å². The molecule has 3 heteroatoms. The molecule has 2 aromatic carbocycles. The minimum atomic E-state index is 0.841. The van der Waals surface area contributed by atoms with Crippen LogP contribution in [0, 0.1) is 0 Å². The number of rotatable bonds is 5. The third-order valence-corrected chi connectivity index (χ3v) is 3.63. The van der Waals surface area contributed by atoms with Crippen molar-refractivity contribution in [1.82, 2.24) is 4.90 Å². The van der Waals surface area contributed by atoms with Crippen molar-refractivity contribution in [2.75, 3.05) is 19.3 Å². The lowest BCUT2D eigenvalue weighted by Gasteiger charge is -2.16. The van der Waals surface area contributed by atoms with Crippen molar-refractivity contribution >= 4 is 21.6 Å². The highest BCUT2D eigenvalue weighted by Crippen LogP contribution is 2.12.